The van der Waals surface area contributed by atoms with Crippen molar-refractivity contribution in [3.05, 3.63) is 0 Å². The molecular formula is C9H11F3N2O3. The van der Waals surface area contributed by atoms with Gasteiger partial charge in [-0.15, -0.1) is 0 Å². The van der Waals surface area contributed by atoms with Crippen molar-refractivity contribution in [2.24, 2.45) is 5.41 Å². The molecule has 0 saturated carbocycles. The molecule has 0 N–H and O–H groups in total. The van der Waals surface area contributed by atoms with Crippen LogP contribution < -0.4 is 0 Å². The molecule has 2 rings (SSSR count). The monoisotopic (exact) mass is 252 g/mol. The summed E-state index contributed by atoms with van der Waals surface area (Å²) in [5, 5.41) is 0. The van der Waals surface area contributed by atoms with Crippen molar-refractivity contribution in [2.45, 2.75) is 6.18 Å². The third-order valence-corrected chi connectivity index (χ3v) is 3.07. The van der Waals surface area contributed by atoms with Crippen molar-refractivity contribution in [2.75, 3.05) is 33.3 Å². The summed E-state index contributed by atoms with van der Waals surface area (Å²) in [6.45, 7) is 0.806. The van der Waals surface area contributed by atoms with Crippen LogP contribution in [0.4, 0.5) is 18.0 Å². The maximum atomic E-state index is 12.1. The standard InChI is InChI=1S/C9H11F3N2O3/c1-17-7(16)14-4-8(5-14)2-13(3-8)6(15)9(10,11)12/h2-5H2,1H3. The minimum absolute atomic E-state index is 0.0544. The quantitative estimate of drug-likeness (QED) is 0.629. The Morgan fingerprint density at radius 3 is 2.00 bits per heavy atom. The van der Waals surface area contributed by atoms with Crippen LogP contribution in [0.25, 0.3) is 0 Å². The molecule has 96 valence electrons. The SMILES string of the molecule is COC(=O)N1CC2(C1)CN(C(=O)C(F)(F)F)C2. The number of nitrogens with zero attached hydrogens (tertiary/aromatic N) is 2. The van der Waals surface area contributed by atoms with Gasteiger partial charge >= 0.3 is 18.2 Å². The van der Waals surface area contributed by atoms with Gasteiger partial charge in [0.25, 0.3) is 0 Å². The highest BCUT2D eigenvalue weighted by atomic mass is 19.4. The van der Waals surface area contributed by atoms with E-state index in [1.807, 2.05) is 0 Å². The van der Waals surface area contributed by atoms with Crippen LogP contribution in [-0.4, -0.2) is 61.3 Å². The van der Waals surface area contributed by atoms with Crippen molar-refractivity contribution in [3.63, 3.8) is 0 Å². The van der Waals surface area contributed by atoms with E-state index in [0.29, 0.717) is 13.1 Å². The predicted molar refractivity (Wildman–Crippen MR) is 49.0 cm³/mol. The molecule has 0 atom stereocenters. The number of ether oxygens (including phenoxy) is 1. The number of carbonyl (C=O) groups excluding carboxylic acids is 2. The maximum Gasteiger partial charge on any atom is 0.471 e. The fraction of sp³-hybridized carbons (Fsp3) is 0.778. The molecule has 0 aromatic rings. The van der Waals surface area contributed by atoms with Crippen LogP contribution in [0.1, 0.15) is 0 Å². The summed E-state index contributed by atoms with van der Waals surface area (Å²) < 4.78 is 40.7. The molecule has 1 spiro atoms. The molecule has 0 aliphatic carbocycles. The minimum atomic E-state index is -4.81. The lowest BCUT2D eigenvalue weighted by Gasteiger charge is -2.59. The van der Waals surface area contributed by atoms with E-state index in [0.717, 1.165) is 4.90 Å². The smallest absolute Gasteiger partial charge is 0.453 e. The summed E-state index contributed by atoms with van der Waals surface area (Å²) in [6, 6.07) is 0. The topological polar surface area (TPSA) is 49.9 Å². The van der Waals surface area contributed by atoms with Crippen molar-refractivity contribution in [1.29, 1.82) is 0 Å². The lowest BCUT2D eigenvalue weighted by Crippen LogP contribution is -2.74. The zero-order valence-corrected chi connectivity index (χ0v) is 9.08. The van der Waals surface area contributed by atoms with Gasteiger partial charge in [0.05, 0.1) is 7.11 Å². The second-order valence-corrected chi connectivity index (χ2v) is 4.49. The van der Waals surface area contributed by atoms with Crippen LogP contribution in [0.15, 0.2) is 0 Å². The van der Waals surface area contributed by atoms with Crippen LogP contribution in [0.2, 0.25) is 0 Å². The summed E-state index contributed by atoms with van der Waals surface area (Å²) in [7, 11) is 1.24. The van der Waals surface area contributed by atoms with Crippen molar-refractivity contribution >= 4 is 12.0 Å². The first-order chi connectivity index (χ1) is 7.77. The molecule has 5 nitrogen and oxygen atoms in total. The summed E-state index contributed by atoms with van der Waals surface area (Å²) in [6.07, 6.45) is -5.30. The van der Waals surface area contributed by atoms with Crippen LogP contribution in [0.5, 0.6) is 0 Å². The Morgan fingerprint density at radius 1 is 1.12 bits per heavy atom. The van der Waals surface area contributed by atoms with Gasteiger partial charge < -0.3 is 14.5 Å². The Labute approximate surface area is 95.1 Å². The van der Waals surface area contributed by atoms with Gasteiger partial charge in [-0.25, -0.2) is 4.79 Å². The minimum Gasteiger partial charge on any atom is -0.453 e. The van der Waals surface area contributed by atoms with E-state index in [9.17, 15) is 22.8 Å². The molecule has 0 radical (unpaired) electrons. The van der Waals surface area contributed by atoms with Gasteiger partial charge in [-0.3, -0.25) is 4.79 Å². The summed E-state index contributed by atoms with van der Waals surface area (Å²) in [5.41, 5.74) is -0.352. The number of methoxy groups -OCH3 is 1. The van der Waals surface area contributed by atoms with Gasteiger partial charge in [0, 0.05) is 31.6 Å². The number of halogens is 3. The molecule has 0 unspecified atom stereocenters. The zero-order chi connectivity index (χ0) is 12.8. The van der Waals surface area contributed by atoms with E-state index in [1.165, 1.54) is 12.0 Å². The predicted octanol–water partition coefficient (Wildman–Crippen LogP) is 0.459. The van der Waals surface area contributed by atoms with Gasteiger partial charge in [-0.05, 0) is 0 Å². The van der Waals surface area contributed by atoms with Gasteiger partial charge in [0.2, 0.25) is 0 Å². The Bertz CT molecular complexity index is 355. The number of hydrogen-bond donors (Lipinski definition) is 0. The van der Waals surface area contributed by atoms with Gasteiger partial charge in [0.15, 0.2) is 0 Å². The van der Waals surface area contributed by atoms with Gasteiger partial charge in [0.1, 0.15) is 0 Å². The molecule has 2 aliphatic rings. The van der Waals surface area contributed by atoms with Crippen molar-refractivity contribution in [1.82, 2.24) is 9.80 Å². The molecule has 2 amide bonds. The average molecular weight is 252 g/mol. The van der Waals surface area contributed by atoms with Crippen LogP contribution in [0, 0.1) is 5.41 Å². The summed E-state index contributed by atoms with van der Waals surface area (Å²) in [4.78, 5) is 24.0. The molecule has 0 bridgehead atoms. The Balaban J connectivity index is 1.82. The average Bonchev–Trinajstić information content (AvgIpc) is 2.11. The second-order valence-electron chi connectivity index (χ2n) is 4.49. The second kappa shape index (κ2) is 3.51. The number of hydrogen-bond acceptors (Lipinski definition) is 3. The van der Waals surface area contributed by atoms with Gasteiger partial charge in [-0.2, -0.15) is 13.2 Å². The fourth-order valence-electron chi connectivity index (χ4n) is 2.31. The molecule has 17 heavy (non-hydrogen) atoms. The normalized spacial score (nSPS) is 21.9. The summed E-state index contributed by atoms with van der Waals surface area (Å²) >= 11 is 0. The fourth-order valence-corrected chi connectivity index (χ4v) is 2.31. The highest BCUT2D eigenvalue weighted by Gasteiger charge is 2.58. The zero-order valence-electron chi connectivity index (χ0n) is 9.08. The van der Waals surface area contributed by atoms with E-state index < -0.39 is 18.2 Å². The van der Waals surface area contributed by atoms with E-state index in [-0.39, 0.29) is 18.5 Å². The van der Waals surface area contributed by atoms with Crippen molar-refractivity contribution < 1.29 is 27.5 Å². The third-order valence-electron chi connectivity index (χ3n) is 3.07. The molecular weight excluding hydrogens is 241 g/mol. The summed E-state index contributed by atoms with van der Waals surface area (Å²) in [5.74, 6) is -1.81. The number of carbonyl (C=O) groups is 2. The molecule has 2 aliphatic heterocycles. The largest absolute Gasteiger partial charge is 0.471 e. The Morgan fingerprint density at radius 2 is 1.59 bits per heavy atom. The number of likely N-dealkylation sites (tertiary alicyclic amines) is 2. The molecule has 8 heteroatoms. The van der Waals surface area contributed by atoms with Gasteiger partial charge in [-0.1, -0.05) is 0 Å². The van der Waals surface area contributed by atoms with Crippen LogP contribution in [-0.2, 0) is 9.53 Å². The Kier molecular flexibility index (Phi) is 2.48. The first-order valence-corrected chi connectivity index (χ1v) is 4.96. The lowest BCUT2D eigenvalue weighted by molar-refractivity contribution is -0.203. The first-order valence-electron chi connectivity index (χ1n) is 4.96. The van der Waals surface area contributed by atoms with E-state index in [1.54, 1.807) is 0 Å². The first kappa shape index (κ1) is 12.0. The molecule has 2 fully saturated rings. The van der Waals surface area contributed by atoms with Crippen LogP contribution >= 0.6 is 0 Å². The number of amides is 2. The van der Waals surface area contributed by atoms with E-state index >= 15 is 0 Å². The van der Waals surface area contributed by atoms with E-state index in [4.69, 9.17) is 0 Å². The molecule has 2 saturated heterocycles. The highest BCUT2D eigenvalue weighted by molar-refractivity contribution is 5.83. The lowest BCUT2D eigenvalue weighted by atomic mass is 9.73. The number of rotatable bonds is 0. The van der Waals surface area contributed by atoms with E-state index in [2.05, 4.69) is 4.74 Å². The Hall–Kier alpha value is -1.47. The third kappa shape index (κ3) is 1.91. The maximum absolute atomic E-state index is 12.1. The number of alkyl halides is 3. The van der Waals surface area contributed by atoms with Crippen LogP contribution in [0.3, 0.4) is 0 Å². The van der Waals surface area contributed by atoms with Crippen molar-refractivity contribution in [3.8, 4) is 0 Å². The molecule has 0 aromatic heterocycles. The molecule has 0 aromatic carbocycles. The molecule has 2 heterocycles. The highest BCUT2D eigenvalue weighted by Crippen LogP contribution is 2.41.